The topological polar surface area (TPSA) is 25.8 Å². The van der Waals surface area contributed by atoms with Crippen LogP contribution in [0.15, 0.2) is 21.8 Å². The second-order valence-electron chi connectivity index (χ2n) is 1.40. The lowest BCUT2D eigenvalue weighted by Crippen LogP contribution is -1.82. The number of nitrogens with zero attached hydrogens (tertiary/aromatic N) is 2. The third kappa shape index (κ3) is 1.95. The largest absolute Gasteiger partial charge is 0.143 e. The third-order valence-electron chi connectivity index (χ3n) is 0.817. The monoisotopic (exact) mass is 204 g/mol. The van der Waals surface area contributed by atoms with Crippen molar-refractivity contribution < 1.29 is 0 Å². The lowest BCUT2D eigenvalue weighted by atomic mass is 10.6. The quantitative estimate of drug-likeness (QED) is 0.655. The van der Waals surface area contributed by atoms with Crippen LogP contribution in [0.1, 0.15) is 0 Å². The number of thioether (sulfide) groups is 1. The van der Waals surface area contributed by atoms with Crippen molar-refractivity contribution in [2.24, 2.45) is 0 Å². The molecule has 2 nitrogen and oxygen atoms in total. The van der Waals surface area contributed by atoms with Gasteiger partial charge in [-0.05, 0) is 34.3 Å². The Labute approximate surface area is 66.2 Å². The first-order chi connectivity index (χ1) is 4.33. The molecular formula is C5H5BrN2S. The molecule has 4 heteroatoms. The maximum absolute atomic E-state index is 3.86. The van der Waals surface area contributed by atoms with E-state index in [4.69, 9.17) is 0 Å². The van der Waals surface area contributed by atoms with Crippen LogP contribution in [0.5, 0.6) is 0 Å². The van der Waals surface area contributed by atoms with Gasteiger partial charge >= 0.3 is 0 Å². The van der Waals surface area contributed by atoms with Crippen molar-refractivity contribution in [3.63, 3.8) is 0 Å². The van der Waals surface area contributed by atoms with Gasteiger partial charge in [0.2, 0.25) is 0 Å². The number of rotatable bonds is 1. The minimum absolute atomic E-state index is 0.778. The van der Waals surface area contributed by atoms with Crippen LogP contribution in [-0.4, -0.2) is 16.5 Å². The molecule has 0 saturated carbocycles. The molecule has 48 valence electrons. The Bertz CT molecular complexity index is 187. The van der Waals surface area contributed by atoms with Crippen molar-refractivity contribution in [3.8, 4) is 0 Å². The highest BCUT2D eigenvalue weighted by atomic mass is 79.9. The van der Waals surface area contributed by atoms with E-state index in [-0.39, 0.29) is 0 Å². The van der Waals surface area contributed by atoms with E-state index < -0.39 is 0 Å². The van der Waals surface area contributed by atoms with Gasteiger partial charge in [0.25, 0.3) is 0 Å². The van der Waals surface area contributed by atoms with Crippen LogP contribution < -0.4 is 0 Å². The van der Waals surface area contributed by atoms with Crippen LogP contribution in [0.25, 0.3) is 0 Å². The van der Waals surface area contributed by atoms with Gasteiger partial charge in [0.05, 0.1) is 0 Å². The van der Waals surface area contributed by atoms with Gasteiger partial charge < -0.3 is 0 Å². The Balaban J connectivity index is 2.88. The van der Waals surface area contributed by atoms with Gasteiger partial charge in [0, 0.05) is 0 Å². The Morgan fingerprint density at radius 2 is 2.22 bits per heavy atom. The zero-order valence-corrected chi connectivity index (χ0v) is 7.24. The molecule has 1 heterocycles. The molecule has 1 rings (SSSR count). The molecule has 0 radical (unpaired) electrons. The fraction of sp³-hybridized carbons (Fsp3) is 0.200. The predicted molar refractivity (Wildman–Crippen MR) is 41.5 cm³/mol. The first kappa shape index (κ1) is 7.02. The van der Waals surface area contributed by atoms with Crippen LogP contribution in [0, 0.1) is 0 Å². The van der Waals surface area contributed by atoms with Crippen LogP contribution >= 0.6 is 27.7 Å². The summed E-state index contributed by atoms with van der Waals surface area (Å²) >= 11 is 4.77. The highest BCUT2D eigenvalue weighted by Crippen LogP contribution is 2.11. The van der Waals surface area contributed by atoms with Crippen molar-refractivity contribution >= 4 is 27.7 Å². The van der Waals surface area contributed by atoms with Crippen LogP contribution in [0.2, 0.25) is 0 Å². The van der Waals surface area contributed by atoms with Crippen molar-refractivity contribution in [3.05, 3.63) is 16.7 Å². The molecule has 0 N–H and O–H groups in total. The lowest BCUT2D eigenvalue weighted by Gasteiger charge is -1.90. The number of aromatic nitrogens is 2. The molecule has 0 bridgehead atoms. The van der Waals surface area contributed by atoms with Crippen LogP contribution in [-0.2, 0) is 0 Å². The fourth-order valence-corrected chi connectivity index (χ4v) is 0.951. The van der Waals surface area contributed by atoms with Gasteiger partial charge in [-0.2, -0.15) is 0 Å². The van der Waals surface area contributed by atoms with E-state index in [0.717, 1.165) is 9.63 Å². The van der Waals surface area contributed by atoms with Gasteiger partial charge in [-0.25, -0.2) is 0 Å². The third-order valence-corrected chi connectivity index (χ3v) is 1.88. The summed E-state index contributed by atoms with van der Waals surface area (Å²) in [6, 6.07) is 3.79. The Hall–Kier alpha value is -0.0900. The van der Waals surface area contributed by atoms with Gasteiger partial charge in [0.1, 0.15) is 9.63 Å². The summed E-state index contributed by atoms with van der Waals surface area (Å²) in [5.74, 6) is 0. The lowest BCUT2D eigenvalue weighted by molar-refractivity contribution is 0.912. The van der Waals surface area contributed by atoms with Crippen molar-refractivity contribution in [2.45, 2.75) is 5.03 Å². The normalized spacial score (nSPS) is 9.56. The standard InChI is InChI=1S/C5H5BrN2S/c1-9-5-3-2-4(6)7-8-5/h2-3H,1H3. The molecule has 9 heavy (non-hydrogen) atoms. The second kappa shape index (κ2) is 3.17. The molecular weight excluding hydrogens is 200 g/mol. The molecule has 0 aliphatic heterocycles. The highest BCUT2D eigenvalue weighted by molar-refractivity contribution is 9.10. The highest BCUT2D eigenvalue weighted by Gasteiger charge is 1.89. The maximum Gasteiger partial charge on any atom is 0.128 e. The summed E-state index contributed by atoms with van der Waals surface area (Å²) in [6.07, 6.45) is 1.97. The molecule has 0 spiro atoms. The SMILES string of the molecule is CSc1ccc(Br)nn1. The molecule has 1 aromatic rings. The zero-order chi connectivity index (χ0) is 6.69. The first-order valence-electron chi connectivity index (χ1n) is 2.36. The number of hydrogen-bond acceptors (Lipinski definition) is 3. The predicted octanol–water partition coefficient (Wildman–Crippen LogP) is 1.96. The summed E-state index contributed by atoms with van der Waals surface area (Å²) in [5.41, 5.74) is 0. The average Bonchev–Trinajstić information content (AvgIpc) is 1.90. The summed E-state index contributed by atoms with van der Waals surface area (Å²) in [6.45, 7) is 0. The van der Waals surface area contributed by atoms with Gasteiger partial charge in [0.15, 0.2) is 0 Å². The maximum atomic E-state index is 3.86. The van der Waals surface area contributed by atoms with E-state index in [1.54, 1.807) is 11.8 Å². The molecule has 0 unspecified atom stereocenters. The molecule has 0 atom stereocenters. The van der Waals surface area contributed by atoms with Gasteiger partial charge in [-0.1, -0.05) is 0 Å². The molecule has 0 amide bonds. The first-order valence-corrected chi connectivity index (χ1v) is 4.38. The number of hydrogen-bond donors (Lipinski definition) is 0. The van der Waals surface area contributed by atoms with E-state index in [9.17, 15) is 0 Å². The van der Waals surface area contributed by atoms with Gasteiger partial charge in [-0.3, -0.25) is 0 Å². The van der Waals surface area contributed by atoms with Gasteiger partial charge in [-0.15, -0.1) is 22.0 Å². The smallest absolute Gasteiger partial charge is 0.128 e. The van der Waals surface area contributed by atoms with Crippen molar-refractivity contribution in [1.29, 1.82) is 0 Å². The molecule has 0 fully saturated rings. The minimum atomic E-state index is 0.778. The molecule has 0 aliphatic carbocycles. The second-order valence-corrected chi connectivity index (χ2v) is 3.04. The zero-order valence-electron chi connectivity index (χ0n) is 4.84. The fourth-order valence-electron chi connectivity index (χ4n) is 0.413. The summed E-state index contributed by atoms with van der Waals surface area (Å²) < 4.78 is 0.778. The summed E-state index contributed by atoms with van der Waals surface area (Å²) in [4.78, 5) is 0. The van der Waals surface area contributed by atoms with E-state index in [1.807, 2.05) is 18.4 Å². The van der Waals surface area contributed by atoms with E-state index >= 15 is 0 Å². The minimum Gasteiger partial charge on any atom is -0.143 e. The van der Waals surface area contributed by atoms with E-state index in [1.165, 1.54) is 0 Å². The Morgan fingerprint density at radius 3 is 2.67 bits per heavy atom. The molecule has 1 aromatic heterocycles. The molecule has 0 saturated heterocycles. The molecule has 0 aromatic carbocycles. The molecule has 0 aliphatic rings. The summed E-state index contributed by atoms with van der Waals surface area (Å²) in [5, 5.41) is 8.60. The summed E-state index contributed by atoms with van der Waals surface area (Å²) in [7, 11) is 0. The van der Waals surface area contributed by atoms with E-state index in [0.29, 0.717) is 0 Å². The Morgan fingerprint density at radius 1 is 1.44 bits per heavy atom. The average molecular weight is 205 g/mol. The number of halogens is 1. The van der Waals surface area contributed by atoms with Crippen LogP contribution in [0.3, 0.4) is 0 Å². The van der Waals surface area contributed by atoms with Crippen LogP contribution in [0.4, 0.5) is 0 Å². The Kier molecular flexibility index (Phi) is 2.48. The van der Waals surface area contributed by atoms with Crippen molar-refractivity contribution in [2.75, 3.05) is 6.26 Å². The van der Waals surface area contributed by atoms with Crippen molar-refractivity contribution in [1.82, 2.24) is 10.2 Å². The van der Waals surface area contributed by atoms with E-state index in [2.05, 4.69) is 26.1 Å².